The number of nitrogens with zero attached hydrogens (tertiary/aromatic N) is 3. The lowest BCUT2D eigenvalue weighted by atomic mass is 10.3. The summed E-state index contributed by atoms with van der Waals surface area (Å²) in [5, 5.41) is 0.355. The Hall–Kier alpha value is -0.800. The van der Waals surface area contributed by atoms with Crippen molar-refractivity contribution in [3.05, 3.63) is 29.3 Å². The van der Waals surface area contributed by atoms with Gasteiger partial charge in [0.25, 0.3) is 10.2 Å². The molecule has 146 valence electrons. The zero-order chi connectivity index (χ0) is 19.3. The van der Waals surface area contributed by atoms with Crippen molar-refractivity contribution < 1.29 is 13.2 Å². The van der Waals surface area contributed by atoms with E-state index in [0.717, 1.165) is 4.90 Å². The molecular weight excluding hydrogens is 394 g/mol. The van der Waals surface area contributed by atoms with Gasteiger partial charge in [-0.15, -0.1) is 11.8 Å². The fraction of sp³-hybridized carbons (Fsp3) is 0.588. The smallest absolute Gasteiger partial charge is 0.282 e. The summed E-state index contributed by atoms with van der Waals surface area (Å²) in [6.07, 6.45) is 0. The second-order valence-corrected chi connectivity index (χ2v) is 9.73. The molecule has 1 amide bonds. The second-order valence-electron chi connectivity index (χ2n) is 6.01. The number of piperazine rings is 1. The fourth-order valence-electron chi connectivity index (χ4n) is 2.89. The molecule has 1 atom stereocenters. The van der Waals surface area contributed by atoms with E-state index in [2.05, 4.69) is 0 Å². The van der Waals surface area contributed by atoms with Crippen LogP contribution in [-0.2, 0) is 15.0 Å². The van der Waals surface area contributed by atoms with Crippen LogP contribution in [0.2, 0.25) is 5.02 Å². The number of rotatable bonds is 7. The molecule has 0 saturated carbocycles. The van der Waals surface area contributed by atoms with Crippen molar-refractivity contribution in [1.29, 1.82) is 0 Å². The molecule has 1 aliphatic heterocycles. The molecule has 6 nitrogen and oxygen atoms in total. The van der Waals surface area contributed by atoms with Gasteiger partial charge in [-0.3, -0.25) is 4.79 Å². The predicted octanol–water partition coefficient (Wildman–Crippen LogP) is 2.55. The van der Waals surface area contributed by atoms with Crippen molar-refractivity contribution in [3.8, 4) is 0 Å². The summed E-state index contributed by atoms with van der Waals surface area (Å²) in [5.74, 6) is 0.00908. The maximum Gasteiger partial charge on any atom is 0.282 e. The molecule has 0 spiro atoms. The predicted molar refractivity (Wildman–Crippen MR) is 107 cm³/mol. The zero-order valence-corrected chi connectivity index (χ0v) is 17.8. The highest BCUT2D eigenvalue weighted by molar-refractivity contribution is 8.00. The van der Waals surface area contributed by atoms with E-state index >= 15 is 0 Å². The van der Waals surface area contributed by atoms with E-state index in [4.69, 9.17) is 11.6 Å². The summed E-state index contributed by atoms with van der Waals surface area (Å²) in [6, 6.07) is 7.44. The molecule has 0 aliphatic carbocycles. The van der Waals surface area contributed by atoms with Gasteiger partial charge in [-0.2, -0.15) is 17.0 Å². The number of hydrogen-bond acceptors (Lipinski definition) is 4. The molecule has 2 rings (SSSR count). The summed E-state index contributed by atoms with van der Waals surface area (Å²) in [4.78, 5) is 15.3. The van der Waals surface area contributed by atoms with Crippen LogP contribution < -0.4 is 0 Å². The average Bonchev–Trinajstić information content (AvgIpc) is 2.64. The summed E-state index contributed by atoms with van der Waals surface area (Å²) in [7, 11) is -3.44. The minimum atomic E-state index is -3.44. The van der Waals surface area contributed by atoms with E-state index in [9.17, 15) is 13.2 Å². The molecule has 1 unspecified atom stereocenters. The number of amides is 1. The Morgan fingerprint density at radius 3 is 2.31 bits per heavy atom. The van der Waals surface area contributed by atoms with Crippen LogP contribution in [0.5, 0.6) is 0 Å². The fourth-order valence-corrected chi connectivity index (χ4v) is 5.73. The topological polar surface area (TPSA) is 60.9 Å². The Morgan fingerprint density at radius 1 is 1.19 bits per heavy atom. The number of thioether (sulfide) groups is 1. The van der Waals surface area contributed by atoms with Crippen LogP contribution in [0.3, 0.4) is 0 Å². The first kappa shape index (κ1) is 21.5. The normalized spacial score (nSPS) is 17.5. The minimum Gasteiger partial charge on any atom is -0.339 e. The molecule has 0 radical (unpaired) electrons. The van der Waals surface area contributed by atoms with E-state index < -0.39 is 10.2 Å². The Bertz CT molecular complexity index is 718. The van der Waals surface area contributed by atoms with Crippen molar-refractivity contribution in [3.63, 3.8) is 0 Å². The molecule has 1 saturated heterocycles. The quantitative estimate of drug-likeness (QED) is 0.637. The Balaban J connectivity index is 1.94. The third kappa shape index (κ3) is 4.92. The summed E-state index contributed by atoms with van der Waals surface area (Å²) in [5.41, 5.74) is 0. The summed E-state index contributed by atoms with van der Waals surface area (Å²) >= 11 is 7.59. The lowest BCUT2D eigenvalue weighted by Crippen LogP contribution is -2.55. The van der Waals surface area contributed by atoms with Gasteiger partial charge in [0.05, 0.1) is 10.3 Å². The minimum absolute atomic E-state index is 0.00908. The number of carbonyl (C=O) groups excluding carboxylic acids is 1. The first-order chi connectivity index (χ1) is 12.3. The number of halogens is 1. The van der Waals surface area contributed by atoms with Gasteiger partial charge in [0, 0.05) is 44.2 Å². The van der Waals surface area contributed by atoms with Crippen molar-refractivity contribution in [2.24, 2.45) is 0 Å². The number of benzene rings is 1. The third-order valence-corrected chi connectivity index (χ3v) is 8.19. The summed E-state index contributed by atoms with van der Waals surface area (Å²) in [6.45, 7) is 7.88. The highest BCUT2D eigenvalue weighted by atomic mass is 35.5. The SMILES string of the molecule is CCN(CC)S(=O)(=O)N1CCN(C(=O)C(C)Sc2ccccc2Cl)CC1. The van der Waals surface area contributed by atoms with Gasteiger partial charge in [-0.05, 0) is 19.1 Å². The van der Waals surface area contributed by atoms with Crippen LogP contribution in [0.15, 0.2) is 29.2 Å². The van der Waals surface area contributed by atoms with E-state index in [-0.39, 0.29) is 11.2 Å². The number of carbonyl (C=O) groups is 1. The van der Waals surface area contributed by atoms with Crippen molar-refractivity contribution in [1.82, 2.24) is 13.5 Å². The number of hydrogen-bond donors (Lipinski definition) is 0. The third-order valence-electron chi connectivity index (χ3n) is 4.40. The second kappa shape index (κ2) is 9.41. The maximum atomic E-state index is 12.7. The molecule has 1 heterocycles. The van der Waals surface area contributed by atoms with Crippen molar-refractivity contribution >= 4 is 39.5 Å². The molecule has 0 N–H and O–H groups in total. The molecule has 26 heavy (non-hydrogen) atoms. The van der Waals surface area contributed by atoms with Gasteiger partial charge in [0.15, 0.2) is 0 Å². The van der Waals surface area contributed by atoms with Crippen LogP contribution in [0, 0.1) is 0 Å². The highest BCUT2D eigenvalue weighted by Gasteiger charge is 2.33. The van der Waals surface area contributed by atoms with Gasteiger partial charge >= 0.3 is 0 Å². The van der Waals surface area contributed by atoms with Crippen LogP contribution in [0.1, 0.15) is 20.8 Å². The first-order valence-electron chi connectivity index (χ1n) is 8.76. The molecule has 0 aromatic heterocycles. The van der Waals surface area contributed by atoms with Crippen LogP contribution in [0.25, 0.3) is 0 Å². The van der Waals surface area contributed by atoms with Crippen molar-refractivity contribution in [2.75, 3.05) is 39.3 Å². The first-order valence-corrected chi connectivity index (χ1v) is 11.4. The molecule has 1 aromatic carbocycles. The van der Waals surface area contributed by atoms with Gasteiger partial charge in [-0.25, -0.2) is 0 Å². The monoisotopic (exact) mass is 419 g/mol. The van der Waals surface area contributed by atoms with Crippen molar-refractivity contribution in [2.45, 2.75) is 30.9 Å². The van der Waals surface area contributed by atoms with E-state index in [1.807, 2.05) is 39.0 Å². The average molecular weight is 420 g/mol. The molecule has 1 fully saturated rings. The standard InChI is InChI=1S/C17H26ClN3O3S2/c1-4-20(5-2)26(23,24)21-12-10-19(11-13-21)17(22)14(3)25-16-9-7-6-8-15(16)18/h6-9,14H,4-5,10-13H2,1-3H3. The van der Waals surface area contributed by atoms with Gasteiger partial charge in [0.2, 0.25) is 5.91 Å². The largest absolute Gasteiger partial charge is 0.339 e. The lowest BCUT2D eigenvalue weighted by molar-refractivity contribution is -0.131. The van der Waals surface area contributed by atoms with Crippen LogP contribution in [0.4, 0.5) is 0 Å². The van der Waals surface area contributed by atoms with Gasteiger partial charge in [0.1, 0.15) is 0 Å². The van der Waals surface area contributed by atoms with Crippen LogP contribution in [-0.4, -0.2) is 72.4 Å². The molecule has 0 bridgehead atoms. The Kier molecular flexibility index (Phi) is 7.78. The maximum absolute atomic E-state index is 12.7. The van der Waals surface area contributed by atoms with E-state index in [1.165, 1.54) is 20.4 Å². The van der Waals surface area contributed by atoms with E-state index in [0.29, 0.717) is 44.3 Å². The Labute approximate surface area is 165 Å². The zero-order valence-electron chi connectivity index (χ0n) is 15.4. The lowest BCUT2D eigenvalue weighted by Gasteiger charge is -2.37. The van der Waals surface area contributed by atoms with Gasteiger partial charge in [-0.1, -0.05) is 37.6 Å². The molecular formula is C17H26ClN3O3S2. The van der Waals surface area contributed by atoms with Crippen LogP contribution >= 0.6 is 23.4 Å². The van der Waals surface area contributed by atoms with Gasteiger partial charge < -0.3 is 4.90 Å². The molecule has 9 heteroatoms. The summed E-state index contributed by atoms with van der Waals surface area (Å²) < 4.78 is 28.0. The Morgan fingerprint density at radius 2 is 1.77 bits per heavy atom. The molecule has 1 aromatic rings. The highest BCUT2D eigenvalue weighted by Crippen LogP contribution is 2.31. The van der Waals surface area contributed by atoms with E-state index in [1.54, 1.807) is 11.0 Å². The molecule has 1 aliphatic rings.